The van der Waals surface area contributed by atoms with Gasteiger partial charge in [0.05, 0.1) is 0 Å². The molecule has 0 saturated carbocycles. The predicted octanol–water partition coefficient (Wildman–Crippen LogP) is 5.48. The van der Waals surface area contributed by atoms with Crippen LogP contribution in [0.4, 0.5) is 0 Å². The fourth-order valence-electron chi connectivity index (χ4n) is 2.10. The maximum Gasteiger partial charge on any atom is 0.0431 e. The molecule has 0 aromatic rings. The average molecular weight is 254 g/mol. The molecule has 0 aromatic carbocycles. The van der Waals surface area contributed by atoms with E-state index < -0.39 is 0 Å². The molecule has 0 fully saturated rings. The maximum absolute atomic E-state index is 8.65. The number of rotatable bonds is 13. The van der Waals surface area contributed by atoms with E-state index >= 15 is 0 Å². The van der Waals surface area contributed by atoms with Crippen LogP contribution in [0.5, 0.6) is 0 Å². The number of aliphatic hydroxyl groups excluding tert-OH is 1. The number of unbranched alkanes of at least 4 members (excludes halogenated alkanes) is 7. The molecule has 0 bridgehead atoms. The zero-order valence-electron chi connectivity index (χ0n) is 12.7. The molecule has 1 unspecified atom stereocenters. The number of hydrogen-bond donors (Lipinski definition) is 1. The predicted molar refractivity (Wildman–Crippen MR) is 81.9 cm³/mol. The van der Waals surface area contributed by atoms with E-state index in [2.05, 4.69) is 26.0 Å². The molecule has 1 N–H and O–H groups in total. The van der Waals surface area contributed by atoms with Gasteiger partial charge >= 0.3 is 0 Å². The minimum atomic E-state index is 0.358. The van der Waals surface area contributed by atoms with E-state index in [9.17, 15) is 0 Å². The van der Waals surface area contributed by atoms with E-state index in [4.69, 9.17) is 5.11 Å². The molecule has 0 rings (SSSR count). The van der Waals surface area contributed by atoms with Crippen molar-refractivity contribution in [1.82, 2.24) is 0 Å². The van der Waals surface area contributed by atoms with Crippen LogP contribution in [-0.2, 0) is 0 Å². The smallest absolute Gasteiger partial charge is 0.0431 e. The summed E-state index contributed by atoms with van der Waals surface area (Å²) < 4.78 is 0. The summed E-state index contributed by atoms with van der Waals surface area (Å²) in [5.41, 5.74) is 0. The molecular weight excluding hydrogens is 220 g/mol. The van der Waals surface area contributed by atoms with Crippen molar-refractivity contribution in [3.8, 4) is 0 Å². The van der Waals surface area contributed by atoms with E-state index in [1.54, 1.807) is 0 Å². The second kappa shape index (κ2) is 14.8. The summed E-state index contributed by atoms with van der Waals surface area (Å²) in [6.45, 7) is 4.99. The van der Waals surface area contributed by atoms with Gasteiger partial charge in [-0.05, 0) is 38.0 Å². The summed E-state index contributed by atoms with van der Waals surface area (Å²) in [6.07, 6.45) is 18.8. The van der Waals surface area contributed by atoms with Crippen LogP contribution < -0.4 is 0 Å². The van der Waals surface area contributed by atoms with E-state index in [1.165, 1.54) is 64.2 Å². The summed E-state index contributed by atoms with van der Waals surface area (Å²) in [6, 6.07) is 0. The molecule has 0 radical (unpaired) electrons. The van der Waals surface area contributed by atoms with Gasteiger partial charge in [0.2, 0.25) is 0 Å². The van der Waals surface area contributed by atoms with Crippen molar-refractivity contribution in [3.05, 3.63) is 12.2 Å². The van der Waals surface area contributed by atoms with E-state index in [0.29, 0.717) is 6.61 Å². The molecule has 18 heavy (non-hydrogen) atoms. The fourth-order valence-corrected chi connectivity index (χ4v) is 2.10. The summed E-state index contributed by atoms with van der Waals surface area (Å²) >= 11 is 0. The van der Waals surface area contributed by atoms with Gasteiger partial charge < -0.3 is 5.11 Å². The van der Waals surface area contributed by atoms with Crippen molar-refractivity contribution in [1.29, 1.82) is 0 Å². The van der Waals surface area contributed by atoms with Crippen LogP contribution in [0.15, 0.2) is 12.2 Å². The Morgan fingerprint density at radius 1 is 0.833 bits per heavy atom. The standard InChI is InChI=1S/C17H34O/c1-3-17(2)15-13-11-9-7-5-4-6-8-10-12-14-16-18/h5,7,17-18H,3-4,6,8-16H2,1-2H3/b7-5-. The summed E-state index contributed by atoms with van der Waals surface area (Å²) in [4.78, 5) is 0. The second-order valence-corrected chi connectivity index (χ2v) is 5.55. The normalized spacial score (nSPS) is 13.3. The number of allylic oxidation sites excluding steroid dienone is 2. The minimum absolute atomic E-state index is 0.358. The van der Waals surface area contributed by atoms with Crippen molar-refractivity contribution in [3.63, 3.8) is 0 Å². The highest BCUT2D eigenvalue weighted by Gasteiger charge is 1.96. The number of hydrogen-bond acceptors (Lipinski definition) is 1. The Morgan fingerprint density at radius 3 is 2.00 bits per heavy atom. The van der Waals surface area contributed by atoms with Crippen LogP contribution >= 0.6 is 0 Å². The van der Waals surface area contributed by atoms with E-state index in [-0.39, 0.29) is 0 Å². The Bertz CT molecular complexity index is 174. The lowest BCUT2D eigenvalue weighted by atomic mass is 10.0. The molecule has 0 aliphatic heterocycles. The van der Waals surface area contributed by atoms with Gasteiger partial charge in [-0.1, -0.05) is 64.5 Å². The Labute approximate surface area is 115 Å². The van der Waals surface area contributed by atoms with Crippen LogP contribution in [-0.4, -0.2) is 11.7 Å². The van der Waals surface area contributed by atoms with Gasteiger partial charge in [0, 0.05) is 6.61 Å². The third-order valence-electron chi connectivity index (χ3n) is 3.71. The molecule has 108 valence electrons. The lowest BCUT2D eigenvalue weighted by molar-refractivity contribution is 0.282. The zero-order chi connectivity index (χ0) is 13.5. The first-order chi connectivity index (χ1) is 8.81. The average Bonchev–Trinajstić information content (AvgIpc) is 2.39. The van der Waals surface area contributed by atoms with Gasteiger partial charge in [0.1, 0.15) is 0 Å². The molecule has 1 heteroatoms. The fraction of sp³-hybridized carbons (Fsp3) is 0.882. The van der Waals surface area contributed by atoms with Crippen LogP contribution in [0, 0.1) is 5.92 Å². The maximum atomic E-state index is 8.65. The highest BCUT2D eigenvalue weighted by Crippen LogP contribution is 2.12. The Balaban J connectivity index is 3.09. The molecule has 0 amide bonds. The lowest BCUT2D eigenvalue weighted by Crippen LogP contribution is -1.90. The molecule has 0 aliphatic carbocycles. The Hall–Kier alpha value is -0.300. The third kappa shape index (κ3) is 13.8. The molecule has 0 aliphatic rings. The van der Waals surface area contributed by atoms with Crippen molar-refractivity contribution in [2.45, 2.75) is 84.5 Å². The molecular formula is C17H34O. The summed E-state index contributed by atoms with van der Waals surface area (Å²) in [5.74, 6) is 0.910. The third-order valence-corrected chi connectivity index (χ3v) is 3.71. The molecule has 1 nitrogen and oxygen atoms in total. The Morgan fingerprint density at radius 2 is 1.39 bits per heavy atom. The first-order valence-corrected chi connectivity index (χ1v) is 8.07. The monoisotopic (exact) mass is 254 g/mol. The van der Waals surface area contributed by atoms with Gasteiger partial charge in [-0.25, -0.2) is 0 Å². The quantitative estimate of drug-likeness (QED) is 0.341. The van der Waals surface area contributed by atoms with Gasteiger partial charge in [0.15, 0.2) is 0 Å². The largest absolute Gasteiger partial charge is 0.396 e. The van der Waals surface area contributed by atoms with Crippen LogP contribution in [0.25, 0.3) is 0 Å². The van der Waals surface area contributed by atoms with Crippen LogP contribution in [0.1, 0.15) is 84.5 Å². The lowest BCUT2D eigenvalue weighted by Gasteiger charge is -2.06. The summed E-state index contributed by atoms with van der Waals surface area (Å²) in [7, 11) is 0. The number of aliphatic hydroxyl groups is 1. The van der Waals surface area contributed by atoms with Crippen LogP contribution in [0.3, 0.4) is 0 Å². The minimum Gasteiger partial charge on any atom is -0.396 e. The molecule has 1 atom stereocenters. The highest BCUT2D eigenvalue weighted by molar-refractivity contribution is 4.81. The highest BCUT2D eigenvalue weighted by atomic mass is 16.2. The van der Waals surface area contributed by atoms with Crippen molar-refractivity contribution < 1.29 is 5.11 Å². The molecule has 0 saturated heterocycles. The van der Waals surface area contributed by atoms with Crippen molar-refractivity contribution >= 4 is 0 Å². The molecule has 0 spiro atoms. The van der Waals surface area contributed by atoms with Crippen molar-refractivity contribution in [2.24, 2.45) is 5.92 Å². The van der Waals surface area contributed by atoms with Gasteiger partial charge in [-0.15, -0.1) is 0 Å². The van der Waals surface area contributed by atoms with Crippen LogP contribution in [0.2, 0.25) is 0 Å². The first kappa shape index (κ1) is 17.7. The van der Waals surface area contributed by atoms with Gasteiger partial charge in [0.25, 0.3) is 0 Å². The first-order valence-electron chi connectivity index (χ1n) is 8.07. The van der Waals surface area contributed by atoms with Gasteiger partial charge in [-0.2, -0.15) is 0 Å². The molecule has 0 aromatic heterocycles. The topological polar surface area (TPSA) is 20.2 Å². The van der Waals surface area contributed by atoms with E-state index in [1.807, 2.05) is 0 Å². The zero-order valence-corrected chi connectivity index (χ0v) is 12.7. The van der Waals surface area contributed by atoms with Crippen molar-refractivity contribution in [2.75, 3.05) is 6.61 Å². The Kier molecular flexibility index (Phi) is 14.5. The van der Waals surface area contributed by atoms with E-state index in [0.717, 1.165) is 12.3 Å². The summed E-state index contributed by atoms with van der Waals surface area (Å²) in [5, 5.41) is 8.65. The second-order valence-electron chi connectivity index (χ2n) is 5.55. The molecule has 0 heterocycles. The SMILES string of the molecule is CCC(C)CCCC/C=C\CCCCCCCO. The van der Waals surface area contributed by atoms with Gasteiger partial charge in [-0.3, -0.25) is 0 Å².